The molecule has 0 bridgehead atoms. The van der Waals surface area contributed by atoms with Crippen molar-refractivity contribution in [1.82, 2.24) is 10.2 Å². The van der Waals surface area contributed by atoms with Crippen LogP contribution < -0.4 is 10.2 Å². The smallest absolute Gasteiger partial charge is 0.225 e. The Bertz CT molecular complexity index is 668. The van der Waals surface area contributed by atoms with Crippen molar-refractivity contribution < 1.29 is 18.4 Å². The molecule has 0 spiro atoms. The zero-order chi connectivity index (χ0) is 18.0. The van der Waals surface area contributed by atoms with Gasteiger partial charge < -0.3 is 15.1 Å². The van der Waals surface area contributed by atoms with Gasteiger partial charge >= 0.3 is 0 Å². The Morgan fingerprint density at radius 1 is 1.28 bits per heavy atom. The summed E-state index contributed by atoms with van der Waals surface area (Å²) in [6.07, 6.45) is 1.16. The second-order valence-corrected chi connectivity index (χ2v) is 6.78. The summed E-state index contributed by atoms with van der Waals surface area (Å²) in [6.45, 7) is 5.01. The molecule has 25 heavy (non-hydrogen) atoms. The summed E-state index contributed by atoms with van der Waals surface area (Å²) in [5, 5.41) is 2.95. The summed E-state index contributed by atoms with van der Waals surface area (Å²) in [5.74, 6) is -1.74. The molecular formula is C18H23F2N3O2. The quantitative estimate of drug-likeness (QED) is 0.880. The van der Waals surface area contributed by atoms with Gasteiger partial charge in [-0.2, -0.15) is 0 Å². The highest BCUT2D eigenvalue weighted by Crippen LogP contribution is 2.25. The number of benzene rings is 1. The van der Waals surface area contributed by atoms with Crippen LogP contribution in [0.1, 0.15) is 19.8 Å². The lowest BCUT2D eigenvalue weighted by atomic mass is 10.1. The number of carbonyl (C=O) groups is 2. The van der Waals surface area contributed by atoms with E-state index in [-0.39, 0.29) is 30.1 Å². The molecule has 2 atom stereocenters. The second-order valence-electron chi connectivity index (χ2n) is 6.78. The molecule has 5 nitrogen and oxygen atoms in total. The fraction of sp³-hybridized carbons (Fsp3) is 0.556. The third-order valence-electron chi connectivity index (χ3n) is 5.09. The summed E-state index contributed by atoms with van der Waals surface area (Å²) < 4.78 is 26.4. The predicted molar refractivity (Wildman–Crippen MR) is 90.0 cm³/mol. The number of nitrogens with zero attached hydrogens (tertiary/aromatic N) is 2. The van der Waals surface area contributed by atoms with Gasteiger partial charge in [-0.1, -0.05) is 0 Å². The van der Waals surface area contributed by atoms with E-state index < -0.39 is 11.6 Å². The molecule has 2 saturated heterocycles. The van der Waals surface area contributed by atoms with Gasteiger partial charge in [0, 0.05) is 50.9 Å². The minimum absolute atomic E-state index is 0.0352. The van der Waals surface area contributed by atoms with E-state index in [4.69, 9.17) is 0 Å². The number of rotatable bonds is 5. The van der Waals surface area contributed by atoms with E-state index in [1.807, 2.05) is 11.8 Å². The van der Waals surface area contributed by atoms with Crippen LogP contribution in [0.3, 0.4) is 0 Å². The minimum Gasteiger partial charge on any atom is -0.371 e. The maximum Gasteiger partial charge on any atom is 0.225 e. The normalized spacial score (nSPS) is 23.4. The zero-order valence-electron chi connectivity index (χ0n) is 14.3. The molecule has 3 rings (SSSR count). The lowest BCUT2D eigenvalue weighted by Gasteiger charge is -2.19. The Morgan fingerprint density at radius 3 is 2.76 bits per heavy atom. The van der Waals surface area contributed by atoms with Crippen LogP contribution in [0, 0.1) is 23.5 Å². The minimum atomic E-state index is -0.848. The molecule has 1 aromatic carbocycles. The van der Waals surface area contributed by atoms with Crippen LogP contribution in [0.5, 0.6) is 0 Å². The molecule has 136 valence electrons. The molecule has 2 heterocycles. The molecule has 1 N–H and O–H groups in total. The largest absolute Gasteiger partial charge is 0.371 e. The van der Waals surface area contributed by atoms with Gasteiger partial charge in [-0.25, -0.2) is 8.78 Å². The number of hydrogen-bond donors (Lipinski definition) is 1. The van der Waals surface area contributed by atoms with Crippen LogP contribution in [-0.4, -0.2) is 49.4 Å². The first-order valence-corrected chi connectivity index (χ1v) is 8.73. The monoisotopic (exact) mass is 351 g/mol. The van der Waals surface area contributed by atoms with E-state index in [9.17, 15) is 18.4 Å². The molecule has 2 fully saturated rings. The lowest BCUT2D eigenvalue weighted by molar-refractivity contribution is -0.128. The average Bonchev–Trinajstić information content (AvgIpc) is 3.21. The number of nitrogens with one attached hydrogen (secondary N) is 1. The maximum absolute atomic E-state index is 13.4. The van der Waals surface area contributed by atoms with E-state index in [1.54, 1.807) is 11.0 Å². The molecule has 0 aromatic heterocycles. The Hall–Kier alpha value is -2.18. The van der Waals surface area contributed by atoms with Gasteiger partial charge in [0.2, 0.25) is 11.8 Å². The number of halogens is 2. The average molecular weight is 351 g/mol. The van der Waals surface area contributed by atoms with Crippen LogP contribution in [-0.2, 0) is 9.59 Å². The number of anilines is 1. The summed E-state index contributed by atoms with van der Waals surface area (Å²) >= 11 is 0. The van der Waals surface area contributed by atoms with E-state index in [0.717, 1.165) is 19.0 Å². The summed E-state index contributed by atoms with van der Waals surface area (Å²) in [4.78, 5) is 27.7. The summed E-state index contributed by atoms with van der Waals surface area (Å²) in [5.41, 5.74) is 0.660. The summed E-state index contributed by atoms with van der Waals surface area (Å²) in [6, 6.07) is 3.92. The maximum atomic E-state index is 13.4. The lowest BCUT2D eigenvalue weighted by Crippen LogP contribution is -2.36. The molecule has 0 radical (unpaired) electrons. The molecule has 0 aliphatic carbocycles. The van der Waals surface area contributed by atoms with Gasteiger partial charge in [-0.05, 0) is 31.4 Å². The Kier molecular flexibility index (Phi) is 5.20. The third kappa shape index (κ3) is 3.91. The highest BCUT2D eigenvalue weighted by Gasteiger charge is 2.33. The van der Waals surface area contributed by atoms with Gasteiger partial charge in [0.25, 0.3) is 0 Å². The van der Waals surface area contributed by atoms with Crippen molar-refractivity contribution in [3.05, 3.63) is 29.8 Å². The third-order valence-corrected chi connectivity index (χ3v) is 5.09. The van der Waals surface area contributed by atoms with Crippen LogP contribution in [0.25, 0.3) is 0 Å². The summed E-state index contributed by atoms with van der Waals surface area (Å²) in [7, 11) is 0. The molecule has 2 aliphatic rings. The second kappa shape index (κ2) is 7.37. The molecular weight excluding hydrogens is 328 g/mol. The fourth-order valence-electron chi connectivity index (χ4n) is 3.56. The van der Waals surface area contributed by atoms with Crippen LogP contribution in [0.2, 0.25) is 0 Å². The van der Waals surface area contributed by atoms with E-state index in [0.29, 0.717) is 31.9 Å². The Labute approximate surface area is 146 Å². The molecule has 2 amide bonds. The number of likely N-dealkylation sites (tertiary alicyclic amines) is 1. The molecule has 2 aliphatic heterocycles. The zero-order valence-corrected chi connectivity index (χ0v) is 14.3. The van der Waals surface area contributed by atoms with E-state index in [2.05, 4.69) is 5.32 Å². The number of amides is 2. The Morgan fingerprint density at radius 2 is 2.08 bits per heavy atom. The van der Waals surface area contributed by atoms with Crippen LogP contribution in [0.4, 0.5) is 14.5 Å². The van der Waals surface area contributed by atoms with Crippen molar-refractivity contribution in [1.29, 1.82) is 0 Å². The van der Waals surface area contributed by atoms with E-state index >= 15 is 0 Å². The molecule has 7 heteroatoms. The van der Waals surface area contributed by atoms with Gasteiger partial charge in [0.15, 0.2) is 11.6 Å². The van der Waals surface area contributed by atoms with Gasteiger partial charge in [0.05, 0.1) is 5.92 Å². The molecule has 0 saturated carbocycles. The first-order chi connectivity index (χ1) is 12.0. The predicted octanol–water partition coefficient (Wildman–Crippen LogP) is 1.78. The van der Waals surface area contributed by atoms with Crippen molar-refractivity contribution in [2.75, 3.05) is 37.6 Å². The number of hydrogen-bond acceptors (Lipinski definition) is 3. The topological polar surface area (TPSA) is 52.7 Å². The van der Waals surface area contributed by atoms with Gasteiger partial charge in [-0.15, -0.1) is 0 Å². The van der Waals surface area contributed by atoms with Crippen molar-refractivity contribution in [2.45, 2.75) is 19.8 Å². The SMILES string of the molecule is CCN1C[C@H](C(=O)NC[C@H]2CCN(c3ccc(F)c(F)c3)C2)CC1=O. The molecule has 1 aromatic rings. The first-order valence-electron chi connectivity index (χ1n) is 8.73. The van der Waals surface area contributed by atoms with E-state index in [1.165, 1.54) is 6.07 Å². The highest BCUT2D eigenvalue weighted by molar-refractivity contribution is 5.89. The van der Waals surface area contributed by atoms with Crippen molar-refractivity contribution in [3.8, 4) is 0 Å². The highest BCUT2D eigenvalue weighted by atomic mass is 19.2. The van der Waals surface area contributed by atoms with Crippen LogP contribution in [0.15, 0.2) is 18.2 Å². The molecule has 0 unspecified atom stereocenters. The standard InChI is InChI=1S/C18H23F2N3O2/c1-2-22-11-13(7-17(22)24)18(25)21-9-12-5-6-23(10-12)14-3-4-15(19)16(20)8-14/h3-4,8,12-13H,2,5-7,9-11H2,1H3,(H,21,25)/t12-,13-/m1/s1. The van der Waals surface area contributed by atoms with Crippen molar-refractivity contribution in [2.24, 2.45) is 11.8 Å². The Balaban J connectivity index is 1.48. The van der Waals surface area contributed by atoms with Crippen molar-refractivity contribution in [3.63, 3.8) is 0 Å². The van der Waals surface area contributed by atoms with Crippen molar-refractivity contribution >= 4 is 17.5 Å². The van der Waals surface area contributed by atoms with Gasteiger partial charge in [-0.3, -0.25) is 9.59 Å². The first kappa shape index (κ1) is 17.6. The van der Waals surface area contributed by atoms with Gasteiger partial charge in [0.1, 0.15) is 0 Å². The van der Waals surface area contributed by atoms with Crippen LogP contribution >= 0.6 is 0 Å². The fourth-order valence-corrected chi connectivity index (χ4v) is 3.56. The number of carbonyl (C=O) groups excluding carboxylic acids is 2.